The number of benzene rings is 1. The van der Waals surface area contributed by atoms with Gasteiger partial charge in [0.05, 0.1) is 0 Å². The molecule has 2 aliphatic rings. The van der Waals surface area contributed by atoms with Crippen LogP contribution in [0, 0.1) is 11.8 Å². The van der Waals surface area contributed by atoms with Crippen LogP contribution in [-0.4, -0.2) is 26.9 Å². The highest BCUT2D eigenvalue weighted by Gasteiger charge is 2.27. The van der Waals surface area contributed by atoms with Crippen molar-refractivity contribution in [2.75, 3.05) is 11.9 Å². The summed E-state index contributed by atoms with van der Waals surface area (Å²) >= 11 is 0. The van der Waals surface area contributed by atoms with Crippen LogP contribution >= 0.6 is 0 Å². The fourth-order valence-electron chi connectivity index (χ4n) is 4.06. The molecule has 2 aliphatic heterocycles. The number of nitrogens with zero attached hydrogens (tertiary/aromatic N) is 3. The minimum atomic E-state index is 0.0129. The van der Waals surface area contributed by atoms with E-state index in [1.807, 2.05) is 18.5 Å². The van der Waals surface area contributed by atoms with Crippen molar-refractivity contribution in [1.82, 2.24) is 14.5 Å². The van der Waals surface area contributed by atoms with Crippen molar-refractivity contribution in [2.45, 2.75) is 46.3 Å². The Balaban J connectivity index is 1.46. The number of nitrogens with one attached hydrogen (secondary N) is 1. The van der Waals surface area contributed by atoms with E-state index >= 15 is 0 Å². The average Bonchev–Trinajstić information content (AvgIpc) is 3.19. The number of imidazole rings is 1. The molecule has 0 saturated heterocycles. The van der Waals surface area contributed by atoms with Gasteiger partial charge in [-0.3, -0.25) is 9.69 Å². The van der Waals surface area contributed by atoms with Gasteiger partial charge < -0.3 is 9.88 Å². The van der Waals surface area contributed by atoms with E-state index in [1.165, 1.54) is 11.1 Å². The second kappa shape index (κ2) is 6.64. The molecule has 1 amide bonds. The Labute approximate surface area is 149 Å². The number of rotatable bonds is 4. The molecule has 1 unspecified atom stereocenters. The van der Waals surface area contributed by atoms with Crippen molar-refractivity contribution in [1.29, 1.82) is 0 Å². The second-order valence-corrected chi connectivity index (χ2v) is 7.72. The molecular weight excluding hydrogens is 312 g/mol. The van der Waals surface area contributed by atoms with Crippen molar-refractivity contribution in [3.63, 3.8) is 0 Å². The summed E-state index contributed by atoms with van der Waals surface area (Å²) in [6.45, 7) is 8.38. The topological polar surface area (TPSA) is 50.2 Å². The van der Waals surface area contributed by atoms with E-state index in [4.69, 9.17) is 0 Å². The van der Waals surface area contributed by atoms with Crippen LogP contribution in [0.25, 0.3) is 0 Å². The summed E-state index contributed by atoms with van der Waals surface area (Å²) in [6, 6.07) is 6.28. The molecule has 5 nitrogen and oxygen atoms in total. The minimum Gasteiger partial charge on any atom is -0.335 e. The molecule has 1 aromatic heterocycles. The third-order valence-corrected chi connectivity index (χ3v) is 5.25. The fourth-order valence-corrected chi connectivity index (χ4v) is 4.06. The average molecular weight is 338 g/mol. The summed E-state index contributed by atoms with van der Waals surface area (Å²) in [6.07, 6.45) is 5.43. The summed E-state index contributed by atoms with van der Waals surface area (Å²) in [5.41, 5.74) is 3.62. The van der Waals surface area contributed by atoms with Gasteiger partial charge in [0.25, 0.3) is 0 Å². The standard InChI is InChI=1S/C20H26N4O/c1-14(2)11-23-12-16-4-3-5-18(17(16)13-23)22-20(25)15-6-8-24-9-7-21-19(24)10-15/h3-5,7,9,14-15H,6,8,10-13H2,1-2H3,(H,22,25). The largest absolute Gasteiger partial charge is 0.335 e. The highest BCUT2D eigenvalue weighted by atomic mass is 16.1. The van der Waals surface area contributed by atoms with Gasteiger partial charge in [0.15, 0.2) is 0 Å². The molecule has 25 heavy (non-hydrogen) atoms. The monoisotopic (exact) mass is 338 g/mol. The lowest BCUT2D eigenvalue weighted by molar-refractivity contribution is -0.120. The fraction of sp³-hybridized carbons (Fsp3) is 0.500. The number of aromatic nitrogens is 2. The first-order chi connectivity index (χ1) is 12.1. The van der Waals surface area contributed by atoms with Gasteiger partial charge in [0, 0.05) is 56.6 Å². The second-order valence-electron chi connectivity index (χ2n) is 7.72. The molecule has 132 valence electrons. The Morgan fingerprint density at radius 2 is 2.24 bits per heavy atom. The van der Waals surface area contributed by atoms with Crippen molar-refractivity contribution in [3.8, 4) is 0 Å². The number of carbonyl (C=O) groups is 1. The predicted molar refractivity (Wildman–Crippen MR) is 98.1 cm³/mol. The molecule has 3 heterocycles. The molecule has 0 radical (unpaired) electrons. The molecular formula is C20H26N4O. The Kier molecular flexibility index (Phi) is 4.34. The molecule has 0 fully saturated rings. The van der Waals surface area contributed by atoms with E-state index in [2.05, 4.69) is 45.7 Å². The number of amides is 1. The molecule has 0 spiro atoms. The predicted octanol–water partition coefficient (Wildman–Crippen LogP) is 3.06. The van der Waals surface area contributed by atoms with Crippen LogP contribution in [0.15, 0.2) is 30.6 Å². The molecule has 2 aromatic rings. The van der Waals surface area contributed by atoms with Gasteiger partial charge in [0.1, 0.15) is 5.82 Å². The molecule has 0 aliphatic carbocycles. The summed E-state index contributed by atoms with van der Waals surface area (Å²) < 4.78 is 2.15. The third-order valence-electron chi connectivity index (χ3n) is 5.25. The first kappa shape index (κ1) is 16.3. The van der Waals surface area contributed by atoms with Gasteiger partial charge in [0.2, 0.25) is 5.91 Å². The van der Waals surface area contributed by atoms with E-state index in [0.29, 0.717) is 5.92 Å². The number of aryl methyl sites for hydroxylation is 1. The first-order valence-corrected chi connectivity index (χ1v) is 9.24. The smallest absolute Gasteiger partial charge is 0.228 e. The zero-order chi connectivity index (χ0) is 17.4. The molecule has 0 bridgehead atoms. The number of anilines is 1. The van der Waals surface area contributed by atoms with E-state index in [9.17, 15) is 4.79 Å². The lowest BCUT2D eigenvalue weighted by Crippen LogP contribution is -2.30. The van der Waals surface area contributed by atoms with E-state index in [-0.39, 0.29) is 11.8 Å². The van der Waals surface area contributed by atoms with Gasteiger partial charge in [-0.1, -0.05) is 26.0 Å². The summed E-state index contributed by atoms with van der Waals surface area (Å²) in [5.74, 6) is 1.81. The van der Waals surface area contributed by atoms with Crippen LogP contribution in [0.1, 0.15) is 37.2 Å². The van der Waals surface area contributed by atoms with Crippen LogP contribution in [0.5, 0.6) is 0 Å². The Bertz CT molecular complexity index is 780. The van der Waals surface area contributed by atoms with Crippen molar-refractivity contribution in [2.24, 2.45) is 11.8 Å². The molecule has 1 N–H and O–H groups in total. The van der Waals surface area contributed by atoms with Crippen molar-refractivity contribution < 1.29 is 4.79 Å². The molecule has 4 rings (SSSR count). The maximum Gasteiger partial charge on any atom is 0.228 e. The maximum absolute atomic E-state index is 12.8. The van der Waals surface area contributed by atoms with Gasteiger partial charge in [-0.15, -0.1) is 0 Å². The van der Waals surface area contributed by atoms with E-state index in [0.717, 1.165) is 50.5 Å². The zero-order valence-electron chi connectivity index (χ0n) is 15.0. The highest BCUT2D eigenvalue weighted by Crippen LogP contribution is 2.30. The quantitative estimate of drug-likeness (QED) is 0.932. The lowest BCUT2D eigenvalue weighted by Gasteiger charge is -2.23. The maximum atomic E-state index is 12.8. The van der Waals surface area contributed by atoms with Crippen LogP contribution in [0.4, 0.5) is 5.69 Å². The van der Waals surface area contributed by atoms with Crippen LogP contribution in [0.3, 0.4) is 0 Å². The molecule has 1 atom stereocenters. The Morgan fingerprint density at radius 1 is 1.36 bits per heavy atom. The van der Waals surface area contributed by atoms with Crippen LogP contribution in [0.2, 0.25) is 0 Å². The SMILES string of the molecule is CC(C)CN1Cc2cccc(NC(=O)C3CCn4ccnc4C3)c2C1. The first-order valence-electron chi connectivity index (χ1n) is 9.24. The third kappa shape index (κ3) is 3.33. The number of carbonyl (C=O) groups excluding carboxylic acids is 1. The van der Waals surface area contributed by atoms with Crippen molar-refractivity contribution in [3.05, 3.63) is 47.5 Å². The summed E-state index contributed by atoms with van der Waals surface area (Å²) in [7, 11) is 0. The van der Waals surface area contributed by atoms with Crippen molar-refractivity contribution >= 4 is 11.6 Å². The van der Waals surface area contributed by atoms with Crippen LogP contribution < -0.4 is 5.32 Å². The minimum absolute atomic E-state index is 0.0129. The summed E-state index contributed by atoms with van der Waals surface area (Å²) in [4.78, 5) is 19.6. The molecule has 1 aromatic carbocycles. The Morgan fingerprint density at radius 3 is 3.08 bits per heavy atom. The lowest BCUT2D eigenvalue weighted by atomic mass is 9.96. The summed E-state index contributed by atoms with van der Waals surface area (Å²) in [5, 5.41) is 3.21. The molecule has 0 saturated carbocycles. The Hall–Kier alpha value is -2.14. The normalized spacial score (nSPS) is 19.7. The van der Waals surface area contributed by atoms with Gasteiger partial charge >= 0.3 is 0 Å². The molecule has 5 heteroatoms. The van der Waals surface area contributed by atoms with Gasteiger partial charge in [-0.05, 0) is 29.5 Å². The number of fused-ring (bicyclic) bond motifs is 2. The number of hydrogen-bond acceptors (Lipinski definition) is 3. The van der Waals surface area contributed by atoms with Gasteiger partial charge in [-0.2, -0.15) is 0 Å². The van der Waals surface area contributed by atoms with E-state index in [1.54, 1.807) is 0 Å². The number of hydrogen-bond donors (Lipinski definition) is 1. The zero-order valence-corrected chi connectivity index (χ0v) is 15.0. The van der Waals surface area contributed by atoms with E-state index < -0.39 is 0 Å². The highest BCUT2D eigenvalue weighted by molar-refractivity contribution is 5.93. The van der Waals surface area contributed by atoms with Gasteiger partial charge in [-0.25, -0.2) is 4.98 Å². The van der Waals surface area contributed by atoms with Crippen LogP contribution in [-0.2, 0) is 30.8 Å².